The van der Waals surface area contributed by atoms with Gasteiger partial charge in [0.25, 0.3) is 11.8 Å². The number of aromatic nitrogens is 2. The Kier molecular flexibility index (Phi) is 5.87. The number of para-hydroxylation sites is 1. The van der Waals surface area contributed by atoms with Gasteiger partial charge in [-0.2, -0.15) is 0 Å². The van der Waals surface area contributed by atoms with E-state index >= 15 is 0 Å². The number of fused-ring (bicyclic) bond motifs is 1. The standard InChI is InChI=1S/C24H23N5O3/c1-26-23(30)15-11-12-18(22(32-2)20(15)14-7-4-3-5-8-14)28-24(31)16-9-6-10-17-21(16)29-19(13-25)27-17/h3-12H,13,25H2,1-2H3,(H,26,30)(H,27,29)(H,28,31). The molecular formula is C24H23N5O3. The van der Waals surface area contributed by atoms with E-state index in [4.69, 9.17) is 10.5 Å². The number of rotatable bonds is 6. The van der Waals surface area contributed by atoms with Crippen molar-refractivity contribution in [3.63, 3.8) is 0 Å². The Morgan fingerprint density at radius 1 is 1.00 bits per heavy atom. The summed E-state index contributed by atoms with van der Waals surface area (Å²) in [5.74, 6) is 0.382. The van der Waals surface area contributed by atoms with E-state index < -0.39 is 0 Å². The molecule has 0 aliphatic rings. The number of hydrogen-bond acceptors (Lipinski definition) is 5. The molecule has 2 amide bonds. The Morgan fingerprint density at radius 3 is 2.47 bits per heavy atom. The zero-order valence-electron chi connectivity index (χ0n) is 17.7. The molecule has 0 saturated heterocycles. The first-order chi connectivity index (χ1) is 15.6. The van der Waals surface area contributed by atoms with Gasteiger partial charge in [-0.15, -0.1) is 0 Å². The van der Waals surface area contributed by atoms with Gasteiger partial charge in [0, 0.05) is 12.6 Å². The summed E-state index contributed by atoms with van der Waals surface area (Å²) in [6.07, 6.45) is 0. The van der Waals surface area contributed by atoms with Crippen molar-refractivity contribution in [1.29, 1.82) is 0 Å². The van der Waals surface area contributed by atoms with E-state index in [0.717, 1.165) is 11.1 Å². The van der Waals surface area contributed by atoms with Crippen LogP contribution in [0, 0.1) is 0 Å². The van der Waals surface area contributed by atoms with Gasteiger partial charge in [0.15, 0.2) is 5.75 Å². The van der Waals surface area contributed by atoms with Crippen LogP contribution in [0.2, 0.25) is 0 Å². The van der Waals surface area contributed by atoms with Crippen molar-refractivity contribution in [3.8, 4) is 16.9 Å². The SMILES string of the molecule is CNC(=O)c1ccc(NC(=O)c2cccc3[nH]c(CN)nc23)c(OC)c1-c1ccccc1. The number of carbonyl (C=O) groups is 2. The third-order valence-corrected chi connectivity index (χ3v) is 5.14. The maximum atomic E-state index is 13.2. The third kappa shape index (κ3) is 3.79. The van der Waals surface area contributed by atoms with E-state index in [1.54, 1.807) is 31.3 Å². The van der Waals surface area contributed by atoms with Gasteiger partial charge in [0.2, 0.25) is 0 Å². The van der Waals surface area contributed by atoms with Crippen LogP contribution in [0.25, 0.3) is 22.2 Å². The molecule has 0 unspecified atom stereocenters. The number of methoxy groups -OCH3 is 1. The minimum Gasteiger partial charge on any atom is -0.494 e. The quantitative estimate of drug-likeness (QED) is 0.375. The molecule has 3 aromatic carbocycles. The summed E-state index contributed by atoms with van der Waals surface area (Å²) in [4.78, 5) is 33.2. The van der Waals surface area contributed by atoms with Crippen LogP contribution in [0.15, 0.2) is 60.7 Å². The van der Waals surface area contributed by atoms with Gasteiger partial charge >= 0.3 is 0 Å². The number of H-pyrrole nitrogens is 1. The lowest BCUT2D eigenvalue weighted by Gasteiger charge is -2.18. The predicted molar refractivity (Wildman–Crippen MR) is 124 cm³/mol. The van der Waals surface area contributed by atoms with E-state index in [1.807, 2.05) is 36.4 Å². The molecule has 5 N–H and O–H groups in total. The number of hydrogen-bond donors (Lipinski definition) is 4. The summed E-state index contributed by atoms with van der Waals surface area (Å²) >= 11 is 0. The van der Waals surface area contributed by atoms with Crippen LogP contribution in [0.5, 0.6) is 5.75 Å². The van der Waals surface area contributed by atoms with Gasteiger partial charge in [0.05, 0.1) is 36.0 Å². The van der Waals surface area contributed by atoms with Crippen LogP contribution < -0.4 is 21.1 Å². The number of amides is 2. The van der Waals surface area contributed by atoms with Crippen LogP contribution >= 0.6 is 0 Å². The van der Waals surface area contributed by atoms with Crippen molar-refractivity contribution in [2.24, 2.45) is 5.73 Å². The van der Waals surface area contributed by atoms with E-state index in [2.05, 4.69) is 20.6 Å². The van der Waals surface area contributed by atoms with Gasteiger partial charge in [-0.25, -0.2) is 4.98 Å². The third-order valence-electron chi connectivity index (χ3n) is 5.14. The highest BCUT2D eigenvalue weighted by Gasteiger charge is 2.22. The topological polar surface area (TPSA) is 122 Å². The molecule has 0 radical (unpaired) electrons. The molecule has 0 bridgehead atoms. The van der Waals surface area contributed by atoms with Crippen LogP contribution in [0.3, 0.4) is 0 Å². The molecule has 0 fully saturated rings. The summed E-state index contributed by atoms with van der Waals surface area (Å²) in [7, 11) is 3.08. The highest BCUT2D eigenvalue weighted by Crippen LogP contribution is 2.39. The highest BCUT2D eigenvalue weighted by atomic mass is 16.5. The van der Waals surface area contributed by atoms with Crippen LogP contribution in [-0.4, -0.2) is 35.9 Å². The number of nitrogens with one attached hydrogen (secondary N) is 3. The fourth-order valence-electron chi connectivity index (χ4n) is 3.66. The second-order valence-electron chi connectivity index (χ2n) is 7.06. The Balaban J connectivity index is 1.80. The molecule has 8 heteroatoms. The number of aromatic amines is 1. The number of nitrogens with zero attached hydrogens (tertiary/aromatic N) is 1. The van der Waals surface area contributed by atoms with Crippen molar-refractivity contribution >= 4 is 28.5 Å². The summed E-state index contributed by atoms with van der Waals surface area (Å²) in [6.45, 7) is 0.241. The largest absolute Gasteiger partial charge is 0.494 e. The second kappa shape index (κ2) is 8.91. The number of nitrogens with two attached hydrogens (primary N) is 1. The zero-order chi connectivity index (χ0) is 22.7. The molecule has 4 rings (SSSR count). The minimum absolute atomic E-state index is 0.241. The van der Waals surface area contributed by atoms with Crippen LogP contribution in [-0.2, 0) is 6.54 Å². The maximum Gasteiger partial charge on any atom is 0.258 e. The molecule has 0 atom stereocenters. The van der Waals surface area contributed by atoms with Gasteiger partial charge in [-0.3, -0.25) is 9.59 Å². The zero-order valence-corrected chi connectivity index (χ0v) is 17.7. The van der Waals surface area contributed by atoms with Gasteiger partial charge in [-0.05, 0) is 29.8 Å². The van der Waals surface area contributed by atoms with Gasteiger partial charge in [0.1, 0.15) is 11.3 Å². The average Bonchev–Trinajstić information content (AvgIpc) is 3.27. The first kappa shape index (κ1) is 21.1. The number of ether oxygens (including phenoxy) is 1. The lowest BCUT2D eigenvalue weighted by Crippen LogP contribution is -2.20. The number of imidazole rings is 1. The fourth-order valence-corrected chi connectivity index (χ4v) is 3.66. The highest BCUT2D eigenvalue weighted by molar-refractivity contribution is 6.13. The molecule has 0 spiro atoms. The molecule has 162 valence electrons. The van der Waals surface area contributed by atoms with Gasteiger partial charge in [-0.1, -0.05) is 36.4 Å². The minimum atomic E-state index is -0.351. The summed E-state index contributed by atoms with van der Waals surface area (Å²) in [5.41, 5.74) is 9.61. The molecule has 1 heterocycles. The lowest BCUT2D eigenvalue weighted by molar-refractivity contribution is 0.0962. The first-order valence-electron chi connectivity index (χ1n) is 10.0. The molecule has 32 heavy (non-hydrogen) atoms. The lowest BCUT2D eigenvalue weighted by atomic mass is 9.96. The van der Waals surface area contributed by atoms with E-state index in [9.17, 15) is 9.59 Å². The second-order valence-corrected chi connectivity index (χ2v) is 7.06. The first-order valence-corrected chi connectivity index (χ1v) is 10.0. The maximum absolute atomic E-state index is 13.2. The molecule has 0 aliphatic carbocycles. The Bertz CT molecular complexity index is 1300. The molecule has 4 aromatic rings. The Morgan fingerprint density at radius 2 is 1.78 bits per heavy atom. The summed E-state index contributed by atoms with van der Waals surface area (Å²) in [6, 6.07) is 18.0. The Labute approximate surface area is 184 Å². The van der Waals surface area contributed by atoms with E-state index in [-0.39, 0.29) is 18.4 Å². The van der Waals surface area contributed by atoms with Crippen molar-refractivity contribution in [3.05, 3.63) is 77.6 Å². The Hall–Kier alpha value is -4.17. The van der Waals surface area contributed by atoms with Crippen LogP contribution in [0.1, 0.15) is 26.5 Å². The molecule has 1 aromatic heterocycles. The molecule has 0 saturated carbocycles. The predicted octanol–water partition coefficient (Wildman–Crippen LogP) is 3.31. The monoisotopic (exact) mass is 429 g/mol. The van der Waals surface area contributed by atoms with Crippen LogP contribution in [0.4, 0.5) is 5.69 Å². The average molecular weight is 429 g/mol. The number of benzene rings is 3. The van der Waals surface area contributed by atoms with Crippen molar-refractivity contribution in [2.75, 3.05) is 19.5 Å². The normalized spacial score (nSPS) is 10.7. The van der Waals surface area contributed by atoms with Crippen molar-refractivity contribution in [2.45, 2.75) is 6.54 Å². The van der Waals surface area contributed by atoms with Crippen molar-refractivity contribution in [1.82, 2.24) is 15.3 Å². The summed E-state index contributed by atoms with van der Waals surface area (Å²) in [5, 5.41) is 5.56. The molecule has 0 aliphatic heterocycles. The molecule has 8 nitrogen and oxygen atoms in total. The smallest absolute Gasteiger partial charge is 0.258 e. The van der Waals surface area contributed by atoms with Gasteiger partial charge < -0.3 is 26.1 Å². The number of carbonyl (C=O) groups excluding carboxylic acids is 2. The van der Waals surface area contributed by atoms with Crippen molar-refractivity contribution < 1.29 is 14.3 Å². The fraction of sp³-hybridized carbons (Fsp3) is 0.125. The number of anilines is 1. The molecular weight excluding hydrogens is 406 g/mol. The summed E-state index contributed by atoms with van der Waals surface area (Å²) < 4.78 is 5.68. The van der Waals surface area contributed by atoms with E-state index in [1.165, 1.54) is 7.11 Å². The van der Waals surface area contributed by atoms with E-state index in [0.29, 0.717) is 39.5 Å².